The summed E-state index contributed by atoms with van der Waals surface area (Å²) in [5.41, 5.74) is 2.75. The molecule has 1 fully saturated rings. The highest BCUT2D eigenvalue weighted by molar-refractivity contribution is 6.30. The molecule has 0 aliphatic carbocycles. The van der Waals surface area contributed by atoms with Gasteiger partial charge in [-0.2, -0.15) is 5.10 Å². The van der Waals surface area contributed by atoms with E-state index in [4.69, 9.17) is 11.6 Å². The van der Waals surface area contributed by atoms with Gasteiger partial charge in [0, 0.05) is 23.8 Å². The number of carbonyl (C=O) groups excluding carboxylic acids is 1. The number of aryl methyl sites for hydroxylation is 1. The van der Waals surface area contributed by atoms with E-state index in [0.29, 0.717) is 12.1 Å². The summed E-state index contributed by atoms with van der Waals surface area (Å²) in [5.74, 6) is -0.0572. The summed E-state index contributed by atoms with van der Waals surface area (Å²) >= 11 is 6.05. The smallest absolute Gasteiger partial charge is 0.254 e. The third-order valence-electron chi connectivity index (χ3n) is 5.19. The van der Waals surface area contributed by atoms with Crippen LogP contribution in [0.4, 0.5) is 0 Å². The van der Waals surface area contributed by atoms with Crippen molar-refractivity contribution in [2.24, 2.45) is 0 Å². The molecule has 0 radical (unpaired) electrons. The van der Waals surface area contributed by atoms with Gasteiger partial charge in [0.1, 0.15) is 0 Å². The normalized spacial score (nSPS) is 16.4. The van der Waals surface area contributed by atoms with Crippen molar-refractivity contribution >= 4 is 17.5 Å². The average molecular weight is 375 g/mol. The molecule has 26 heavy (non-hydrogen) atoms. The molecular formula is C20H27ClN4O. The van der Waals surface area contributed by atoms with Crippen LogP contribution in [0.3, 0.4) is 0 Å². The Bertz CT molecular complexity index is 735. The molecule has 1 aromatic carbocycles. The van der Waals surface area contributed by atoms with Crippen molar-refractivity contribution in [1.82, 2.24) is 20.0 Å². The van der Waals surface area contributed by atoms with Gasteiger partial charge in [-0.15, -0.1) is 0 Å². The van der Waals surface area contributed by atoms with Crippen molar-refractivity contribution in [3.8, 4) is 0 Å². The summed E-state index contributed by atoms with van der Waals surface area (Å²) in [6.45, 7) is 7.44. The number of aromatic nitrogens is 2. The number of benzene rings is 1. The summed E-state index contributed by atoms with van der Waals surface area (Å²) in [4.78, 5) is 15.1. The summed E-state index contributed by atoms with van der Waals surface area (Å²) in [5, 5.41) is 8.13. The molecule has 1 aliphatic rings. The second-order valence-corrected chi connectivity index (χ2v) is 7.27. The van der Waals surface area contributed by atoms with E-state index in [9.17, 15) is 4.79 Å². The highest BCUT2D eigenvalue weighted by atomic mass is 35.5. The Morgan fingerprint density at radius 3 is 2.54 bits per heavy atom. The quantitative estimate of drug-likeness (QED) is 0.836. The Hall–Kier alpha value is -1.85. The summed E-state index contributed by atoms with van der Waals surface area (Å²) < 4.78 is 1.84. The van der Waals surface area contributed by atoms with E-state index < -0.39 is 0 Å². The van der Waals surface area contributed by atoms with Crippen molar-refractivity contribution in [3.63, 3.8) is 0 Å². The van der Waals surface area contributed by atoms with Crippen LogP contribution in [0.2, 0.25) is 5.02 Å². The van der Waals surface area contributed by atoms with Gasteiger partial charge >= 0.3 is 0 Å². The van der Waals surface area contributed by atoms with Gasteiger partial charge in [0.05, 0.1) is 17.8 Å². The van der Waals surface area contributed by atoms with Crippen molar-refractivity contribution in [3.05, 3.63) is 52.3 Å². The predicted octanol–water partition coefficient (Wildman–Crippen LogP) is 3.82. The molecule has 1 aliphatic heterocycles. The van der Waals surface area contributed by atoms with Crippen LogP contribution in [-0.2, 0) is 6.54 Å². The van der Waals surface area contributed by atoms with E-state index in [1.807, 2.05) is 30.7 Å². The van der Waals surface area contributed by atoms with Crippen LogP contribution in [0.25, 0.3) is 0 Å². The molecule has 140 valence electrons. The van der Waals surface area contributed by atoms with Gasteiger partial charge in [-0.3, -0.25) is 14.4 Å². The molecule has 0 unspecified atom stereocenters. The molecule has 1 atom stereocenters. The first-order valence-corrected chi connectivity index (χ1v) is 9.78. The van der Waals surface area contributed by atoms with Crippen LogP contribution in [-0.4, -0.2) is 40.2 Å². The van der Waals surface area contributed by atoms with E-state index >= 15 is 0 Å². The number of halogens is 1. The van der Waals surface area contributed by atoms with Crippen molar-refractivity contribution in [2.45, 2.75) is 45.7 Å². The van der Waals surface area contributed by atoms with Crippen LogP contribution in [0, 0.1) is 6.92 Å². The number of hydrogen-bond acceptors (Lipinski definition) is 3. The maximum atomic E-state index is 12.7. The third-order valence-corrected chi connectivity index (χ3v) is 5.44. The fraction of sp³-hybridized carbons (Fsp3) is 0.500. The van der Waals surface area contributed by atoms with Gasteiger partial charge in [-0.25, -0.2) is 0 Å². The van der Waals surface area contributed by atoms with E-state index in [2.05, 4.69) is 27.4 Å². The average Bonchev–Trinajstić information content (AvgIpc) is 3.04. The molecule has 0 saturated carbocycles. The van der Waals surface area contributed by atoms with Crippen molar-refractivity contribution in [2.75, 3.05) is 19.6 Å². The number of rotatable bonds is 6. The minimum Gasteiger partial charge on any atom is -0.350 e. The second-order valence-electron chi connectivity index (χ2n) is 6.83. The lowest BCUT2D eigenvalue weighted by Crippen LogP contribution is -2.40. The molecule has 3 rings (SSSR count). The van der Waals surface area contributed by atoms with Crippen molar-refractivity contribution in [1.29, 1.82) is 0 Å². The van der Waals surface area contributed by atoms with Crippen LogP contribution in [0.15, 0.2) is 30.5 Å². The molecule has 0 spiro atoms. The molecule has 1 aromatic heterocycles. The molecule has 1 N–H and O–H groups in total. The Kier molecular flexibility index (Phi) is 6.33. The van der Waals surface area contributed by atoms with E-state index in [1.165, 1.54) is 24.8 Å². The molecule has 6 heteroatoms. The first-order valence-electron chi connectivity index (χ1n) is 9.40. The van der Waals surface area contributed by atoms with Gasteiger partial charge in [0.2, 0.25) is 0 Å². The van der Waals surface area contributed by atoms with Gasteiger partial charge in [0.25, 0.3) is 5.91 Å². The lowest BCUT2D eigenvalue weighted by atomic mass is 10.0. The lowest BCUT2D eigenvalue weighted by molar-refractivity contribution is 0.0923. The molecule has 0 bridgehead atoms. The largest absolute Gasteiger partial charge is 0.350 e. The first kappa shape index (κ1) is 18.9. The van der Waals surface area contributed by atoms with Crippen LogP contribution >= 0.6 is 11.6 Å². The fourth-order valence-electron chi connectivity index (χ4n) is 3.65. The maximum Gasteiger partial charge on any atom is 0.254 e. The molecule has 2 heterocycles. The first-order chi connectivity index (χ1) is 12.6. The number of amides is 1. The number of likely N-dealkylation sites (tertiary alicyclic amines) is 1. The van der Waals surface area contributed by atoms with Crippen LogP contribution < -0.4 is 5.32 Å². The minimum absolute atomic E-state index is 0.0572. The molecular weight excluding hydrogens is 348 g/mol. The van der Waals surface area contributed by atoms with E-state index in [-0.39, 0.29) is 11.9 Å². The fourth-order valence-corrected chi connectivity index (χ4v) is 3.77. The summed E-state index contributed by atoms with van der Waals surface area (Å²) in [6.07, 6.45) is 5.36. The van der Waals surface area contributed by atoms with Crippen LogP contribution in [0.1, 0.15) is 53.8 Å². The van der Waals surface area contributed by atoms with Gasteiger partial charge in [-0.1, -0.05) is 30.2 Å². The van der Waals surface area contributed by atoms with E-state index in [1.54, 1.807) is 6.20 Å². The number of piperidine rings is 1. The zero-order valence-corrected chi connectivity index (χ0v) is 16.3. The summed E-state index contributed by atoms with van der Waals surface area (Å²) in [7, 11) is 0. The lowest BCUT2D eigenvalue weighted by Gasteiger charge is -2.35. The molecule has 1 saturated heterocycles. The van der Waals surface area contributed by atoms with Gasteiger partial charge < -0.3 is 5.32 Å². The SMILES string of the molecule is CCn1ncc(C(=O)NC[C@H](c2ccc(Cl)cc2)N2CCCCC2)c1C. The van der Waals surface area contributed by atoms with Crippen molar-refractivity contribution < 1.29 is 4.79 Å². The Morgan fingerprint density at radius 2 is 1.92 bits per heavy atom. The van der Waals surface area contributed by atoms with Gasteiger partial charge in [0.15, 0.2) is 0 Å². The monoisotopic (exact) mass is 374 g/mol. The summed E-state index contributed by atoms with van der Waals surface area (Å²) in [6, 6.07) is 8.14. The second kappa shape index (κ2) is 8.69. The third kappa shape index (κ3) is 4.27. The number of hydrogen-bond donors (Lipinski definition) is 1. The predicted molar refractivity (Wildman–Crippen MR) is 105 cm³/mol. The number of nitrogens with zero attached hydrogens (tertiary/aromatic N) is 3. The number of nitrogens with one attached hydrogen (secondary N) is 1. The van der Waals surface area contributed by atoms with E-state index in [0.717, 1.165) is 30.4 Å². The maximum absolute atomic E-state index is 12.7. The zero-order valence-electron chi connectivity index (χ0n) is 15.5. The van der Waals surface area contributed by atoms with Gasteiger partial charge in [-0.05, 0) is 57.5 Å². The Balaban J connectivity index is 1.73. The Morgan fingerprint density at radius 1 is 1.23 bits per heavy atom. The minimum atomic E-state index is -0.0572. The molecule has 1 amide bonds. The Labute approximate surface area is 160 Å². The highest BCUT2D eigenvalue weighted by Crippen LogP contribution is 2.25. The zero-order chi connectivity index (χ0) is 18.5. The highest BCUT2D eigenvalue weighted by Gasteiger charge is 2.23. The topological polar surface area (TPSA) is 50.2 Å². The van der Waals surface area contributed by atoms with Crippen LogP contribution in [0.5, 0.6) is 0 Å². The molecule has 5 nitrogen and oxygen atoms in total. The number of carbonyl (C=O) groups is 1. The standard InChI is InChI=1S/C20H27ClN4O/c1-3-25-15(2)18(13-23-25)20(26)22-14-19(24-11-5-4-6-12-24)16-7-9-17(21)10-8-16/h7-10,13,19H,3-6,11-12,14H2,1-2H3,(H,22,26)/t19-/m1/s1. The molecule has 2 aromatic rings.